The molecule has 0 aromatic carbocycles. The van der Waals surface area contributed by atoms with Crippen LogP contribution in [0.1, 0.15) is 239 Å². The molecule has 0 amide bonds. The first-order valence-electron chi connectivity index (χ1n) is 28.1. The maximum atomic E-state index is 12.8. The lowest BCUT2D eigenvalue weighted by molar-refractivity contribution is -0.167. The molecule has 1 unspecified atom stereocenters. The van der Waals surface area contributed by atoms with Crippen LogP contribution in [0.15, 0.2) is 122 Å². The van der Waals surface area contributed by atoms with Gasteiger partial charge in [0, 0.05) is 19.3 Å². The standard InChI is InChI=1S/C63H102O6/c1-4-7-10-13-16-19-22-25-28-31-33-35-38-41-44-47-50-53-56-62(65)68-59-60(58-67-61(64)55-52-49-46-43-40-37-34-30-27-24-21-18-15-12-9-6-3)69-63(66)57-54-51-48-45-42-39-36-32-29-26-23-20-17-14-11-8-5-2/h16-17,19-20,22,25-26,28-31,33-37,39-40,45,48,60H,4-15,18,21,23-24,27,32,38,41-44,46-47,49-59H2,1-3H3/b19-16-,20-17-,25-22-,29-26-,31-28-,34-30-,35-33-,39-36-,40-37-,48-45-. The Hall–Kier alpha value is -4.19. The molecule has 0 bridgehead atoms. The van der Waals surface area contributed by atoms with Crippen LogP contribution in [0.2, 0.25) is 0 Å². The molecule has 390 valence electrons. The van der Waals surface area contributed by atoms with Crippen LogP contribution in [-0.2, 0) is 28.6 Å². The van der Waals surface area contributed by atoms with Gasteiger partial charge in [-0.15, -0.1) is 0 Å². The highest BCUT2D eigenvalue weighted by atomic mass is 16.6. The molecule has 0 aromatic heterocycles. The summed E-state index contributed by atoms with van der Waals surface area (Å²) >= 11 is 0. The summed E-state index contributed by atoms with van der Waals surface area (Å²) in [5.41, 5.74) is 0. The van der Waals surface area contributed by atoms with Crippen LogP contribution in [0.3, 0.4) is 0 Å². The van der Waals surface area contributed by atoms with E-state index in [1.165, 1.54) is 89.9 Å². The Balaban J connectivity index is 4.59. The molecule has 0 aliphatic rings. The van der Waals surface area contributed by atoms with Crippen molar-refractivity contribution >= 4 is 17.9 Å². The predicted octanol–water partition coefficient (Wildman–Crippen LogP) is 18.9. The van der Waals surface area contributed by atoms with Crippen LogP contribution in [0.25, 0.3) is 0 Å². The van der Waals surface area contributed by atoms with Gasteiger partial charge in [0.25, 0.3) is 0 Å². The monoisotopic (exact) mass is 955 g/mol. The zero-order valence-electron chi connectivity index (χ0n) is 44.5. The van der Waals surface area contributed by atoms with E-state index in [0.717, 1.165) is 103 Å². The maximum Gasteiger partial charge on any atom is 0.306 e. The fraction of sp³-hybridized carbons (Fsp3) is 0.635. The van der Waals surface area contributed by atoms with Gasteiger partial charge in [-0.1, -0.05) is 232 Å². The summed E-state index contributed by atoms with van der Waals surface area (Å²) in [5.74, 6) is -1.03. The molecule has 0 aliphatic heterocycles. The average molecular weight is 956 g/mol. The minimum Gasteiger partial charge on any atom is -0.462 e. The lowest BCUT2D eigenvalue weighted by Crippen LogP contribution is -2.30. The summed E-state index contributed by atoms with van der Waals surface area (Å²) in [4.78, 5) is 38.1. The summed E-state index contributed by atoms with van der Waals surface area (Å²) < 4.78 is 16.8. The Labute approximate surface area is 424 Å². The number of ether oxygens (including phenoxy) is 3. The molecular weight excluding hydrogens is 853 g/mol. The number of carbonyl (C=O) groups excluding carboxylic acids is 3. The highest BCUT2D eigenvalue weighted by molar-refractivity contribution is 5.71. The Morgan fingerprint density at radius 3 is 1.04 bits per heavy atom. The zero-order chi connectivity index (χ0) is 50.0. The second kappa shape index (κ2) is 56.4. The molecule has 0 saturated carbocycles. The van der Waals surface area contributed by atoms with E-state index in [9.17, 15) is 14.4 Å². The number of rotatable bonds is 49. The van der Waals surface area contributed by atoms with Gasteiger partial charge in [0.05, 0.1) is 0 Å². The second-order valence-electron chi connectivity index (χ2n) is 18.3. The summed E-state index contributed by atoms with van der Waals surface area (Å²) in [6.07, 6.45) is 77.5. The Kier molecular flexibility index (Phi) is 53.0. The molecule has 0 N–H and O–H groups in total. The van der Waals surface area contributed by atoms with Gasteiger partial charge in [-0.25, -0.2) is 0 Å². The minimum atomic E-state index is -0.831. The first-order chi connectivity index (χ1) is 34.0. The number of allylic oxidation sites excluding steroid dienone is 20. The molecule has 0 fully saturated rings. The van der Waals surface area contributed by atoms with Crippen LogP contribution in [0.5, 0.6) is 0 Å². The van der Waals surface area contributed by atoms with Crippen molar-refractivity contribution in [2.24, 2.45) is 0 Å². The van der Waals surface area contributed by atoms with Gasteiger partial charge < -0.3 is 14.2 Å². The fourth-order valence-corrected chi connectivity index (χ4v) is 7.26. The molecule has 0 heterocycles. The minimum absolute atomic E-state index is 0.124. The highest BCUT2D eigenvalue weighted by Crippen LogP contribution is 2.12. The molecule has 0 rings (SSSR count). The molecule has 6 nitrogen and oxygen atoms in total. The lowest BCUT2D eigenvalue weighted by atomic mass is 10.1. The third-order valence-electron chi connectivity index (χ3n) is 11.5. The summed E-state index contributed by atoms with van der Waals surface area (Å²) in [6, 6.07) is 0. The fourth-order valence-electron chi connectivity index (χ4n) is 7.26. The zero-order valence-corrected chi connectivity index (χ0v) is 44.5. The van der Waals surface area contributed by atoms with E-state index in [1.54, 1.807) is 0 Å². The third-order valence-corrected chi connectivity index (χ3v) is 11.5. The van der Waals surface area contributed by atoms with Crippen molar-refractivity contribution in [3.63, 3.8) is 0 Å². The van der Waals surface area contributed by atoms with E-state index in [-0.39, 0.29) is 37.5 Å². The van der Waals surface area contributed by atoms with Gasteiger partial charge in [-0.05, 0) is 109 Å². The van der Waals surface area contributed by atoms with E-state index in [4.69, 9.17) is 14.2 Å². The van der Waals surface area contributed by atoms with E-state index >= 15 is 0 Å². The van der Waals surface area contributed by atoms with Crippen molar-refractivity contribution in [2.45, 2.75) is 245 Å². The molecular formula is C63H102O6. The summed E-state index contributed by atoms with van der Waals surface area (Å²) in [6.45, 7) is 6.47. The van der Waals surface area contributed by atoms with Gasteiger partial charge in [-0.2, -0.15) is 0 Å². The Bertz CT molecular complexity index is 1470. The predicted molar refractivity (Wildman–Crippen MR) is 297 cm³/mol. The van der Waals surface area contributed by atoms with Crippen LogP contribution >= 0.6 is 0 Å². The highest BCUT2D eigenvalue weighted by Gasteiger charge is 2.19. The number of hydrogen-bond acceptors (Lipinski definition) is 6. The van der Waals surface area contributed by atoms with E-state index in [1.807, 2.05) is 0 Å². The number of esters is 3. The van der Waals surface area contributed by atoms with Gasteiger partial charge in [0.15, 0.2) is 6.10 Å². The normalized spacial score (nSPS) is 13.0. The second-order valence-corrected chi connectivity index (χ2v) is 18.3. The van der Waals surface area contributed by atoms with Crippen LogP contribution in [0.4, 0.5) is 0 Å². The van der Waals surface area contributed by atoms with Crippen LogP contribution in [0, 0.1) is 0 Å². The average Bonchev–Trinajstić information content (AvgIpc) is 3.35. The Morgan fingerprint density at radius 1 is 0.304 bits per heavy atom. The molecule has 0 saturated heterocycles. The van der Waals surface area contributed by atoms with Crippen molar-refractivity contribution in [3.8, 4) is 0 Å². The Morgan fingerprint density at radius 2 is 0.594 bits per heavy atom. The molecule has 6 heteroatoms. The lowest BCUT2D eigenvalue weighted by Gasteiger charge is -2.18. The molecule has 0 spiro atoms. The molecule has 1 atom stereocenters. The number of unbranched alkanes of at least 4 members (excludes halogenated alkanes) is 22. The molecule has 0 radical (unpaired) electrons. The third kappa shape index (κ3) is 54.6. The van der Waals surface area contributed by atoms with Crippen molar-refractivity contribution in [1.29, 1.82) is 0 Å². The SMILES string of the molecule is CCCCC\C=C/C=C\C=C/C=C\CCCCCCCC(=O)OCC(COC(=O)CCCCC/C=C\C=C/CCCCCCCCC)OC(=O)CCC/C=C\C/C=C\C/C=C\C/C=C\CCCCC. The number of carbonyl (C=O) groups is 3. The van der Waals surface area contributed by atoms with Crippen LogP contribution < -0.4 is 0 Å². The largest absolute Gasteiger partial charge is 0.462 e. The smallest absolute Gasteiger partial charge is 0.306 e. The summed E-state index contributed by atoms with van der Waals surface area (Å²) in [5, 5.41) is 0. The topological polar surface area (TPSA) is 78.9 Å². The van der Waals surface area contributed by atoms with Gasteiger partial charge in [0.2, 0.25) is 0 Å². The molecule has 69 heavy (non-hydrogen) atoms. The summed E-state index contributed by atoms with van der Waals surface area (Å²) in [7, 11) is 0. The quantitative estimate of drug-likeness (QED) is 0.0199. The van der Waals surface area contributed by atoms with Gasteiger partial charge in [-0.3, -0.25) is 14.4 Å². The van der Waals surface area contributed by atoms with Crippen molar-refractivity contribution in [2.75, 3.05) is 13.2 Å². The first-order valence-corrected chi connectivity index (χ1v) is 28.1. The van der Waals surface area contributed by atoms with E-state index in [0.29, 0.717) is 19.3 Å². The number of hydrogen-bond donors (Lipinski definition) is 0. The molecule has 0 aromatic rings. The van der Waals surface area contributed by atoms with E-state index in [2.05, 4.69) is 142 Å². The first kappa shape index (κ1) is 64.8. The van der Waals surface area contributed by atoms with Crippen molar-refractivity contribution in [3.05, 3.63) is 122 Å². The van der Waals surface area contributed by atoms with Crippen molar-refractivity contribution < 1.29 is 28.6 Å². The van der Waals surface area contributed by atoms with E-state index < -0.39 is 6.10 Å². The van der Waals surface area contributed by atoms with Gasteiger partial charge >= 0.3 is 17.9 Å². The maximum absolute atomic E-state index is 12.8. The van der Waals surface area contributed by atoms with Crippen molar-refractivity contribution in [1.82, 2.24) is 0 Å². The van der Waals surface area contributed by atoms with Gasteiger partial charge in [0.1, 0.15) is 13.2 Å². The van der Waals surface area contributed by atoms with Crippen LogP contribution in [-0.4, -0.2) is 37.2 Å². The molecule has 0 aliphatic carbocycles.